The zero-order valence-electron chi connectivity index (χ0n) is 18.5. The summed E-state index contributed by atoms with van der Waals surface area (Å²) in [6.45, 7) is 1.45. The molecule has 3 aromatic rings. The highest BCUT2D eigenvalue weighted by molar-refractivity contribution is 7.92. The van der Waals surface area contributed by atoms with Crippen LogP contribution in [-0.4, -0.2) is 35.5 Å². The summed E-state index contributed by atoms with van der Waals surface area (Å²) in [6, 6.07) is 17.2. The van der Waals surface area contributed by atoms with E-state index in [1.54, 1.807) is 24.3 Å². The minimum absolute atomic E-state index is 0.0653. The van der Waals surface area contributed by atoms with E-state index in [1.807, 2.05) is 6.92 Å². The number of hydrogen-bond donors (Lipinski definition) is 2. The Balaban J connectivity index is 1.73. The molecule has 2 N–H and O–H groups in total. The van der Waals surface area contributed by atoms with Crippen molar-refractivity contribution >= 4 is 43.0 Å². The maximum atomic E-state index is 13.0. The molecule has 3 rings (SSSR count). The zero-order valence-corrected chi connectivity index (χ0v) is 20.2. The molecule has 0 aliphatic carbocycles. The lowest BCUT2D eigenvalue weighted by molar-refractivity contribution is -0.114. The molecule has 1 amide bonds. The van der Waals surface area contributed by atoms with Gasteiger partial charge in [-0.15, -0.1) is 0 Å². The maximum Gasteiger partial charge on any atom is 0.261 e. The second-order valence-corrected chi connectivity index (χ2v) is 11.0. The first kappa shape index (κ1) is 25.2. The van der Waals surface area contributed by atoms with E-state index in [2.05, 4.69) is 10.0 Å². The molecule has 0 spiro atoms. The monoisotopic (exact) mass is 505 g/mol. The molecule has 3 aromatic carbocycles. The third-order valence-electron chi connectivity index (χ3n) is 4.87. The van der Waals surface area contributed by atoms with Gasteiger partial charge in [-0.1, -0.05) is 25.1 Å². The Morgan fingerprint density at radius 2 is 1.47 bits per heavy atom. The van der Waals surface area contributed by atoms with Crippen LogP contribution in [0, 0.1) is 5.82 Å². The number of sulfonamides is 2. The highest BCUT2D eigenvalue weighted by Crippen LogP contribution is 2.24. The number of nitrogens with zero attached hydrogens (tertiary/aromatic N) is 1. The van der Waals surface area contributed by atoms with E-state index < -0.39 is 38.3 Å². The van der Waals surface area contributed by atoms with Crippen molar-refractivity contribution in [2.24, 2.45) is 0 Å². The number of carbonyl (C=O) groups excluding carboxylic acids is 1. The molecular formula is C23H24FN3O5S2. The van der Waals surface area contributed by atoms with Crippen LogP contribution in [-0.2, 0) is 31.3 Å². The van der Waals surface area contributed by atoms with Crippen LogP contribution in [0.3, 0.4) is 0 Å². The Morgan fingerprint density at radius 1 is 0.882 bits per heavy atom. The fourth-order valence-electron chi connectivity index (χ4n) is 3.21. The number of halogens is 1. The fourth-order valence-corrected chi connectivity index (χ4v) is 5.16. The van der Waals surface area contributed by atoms with E-state index in [9.17, 15) is 26.0 Å². The molecule has 0 aromatic heterocycles. The summed E-state index contributed by atoms with van der Waals surface area (Å²) in [5, 5.41) is 2.58. The van der Waals surface area contributed by atoms with Crippen molar-refractivity contribution in [2.45, 2.75) is 18.2 Å². The van der Waals surface area contributed by atoms with Gasteiger partial charge in [0, 0.05) is 11.4 Å². The first-order valence-electron chi connectivity index (χ1n) is 10.2. The summed E-state index contributed by atoms with van der Waals surface area (Å²) in [7, 11) is -7.66. The van der Waals surface area contributed by atoms with Gasteiger partial charge in [-0.2, -0.15) is 0 Å². The van der Waals surface area contributed by atoms with E-state index in [0.29, 0.717) is 17.8 Å². The van der Waals surface area contributed by atoms with Gasteiger partial charge in [0.15, 0.2) is 0 Å². The summed E-state index contributed by atoms with van der Waals surface area (Å²) >= 11 is 0. The Kier molecular flexibility index (Phi) is 7.57. The number of para-hydroxylation sites is 1. The minimum Gasteiger partial charge on any atom is -0.325 e. The lowest BCUT2D eigenvalue weighted by Crippen LogP contribution is -2.38. The Bertz CT molecular complexity index is 1370. The Hall–Kier alpha value is -3.44. The van der Waals surface area contributed by atoms with Crippen molar-refractivity contribution in [1.82, 2.24) is 0 Å². The van der Waals surface area contributed by atoms with E-state index >= 15 is 0 Å². The van der Waals surface area contributed by atoms with Crippen LogP contribution >= 0.6 is 0 Å². The number of anilines is 3. The number of hydrogen-bond acceptors (Lipinski definition) is 5. The lowest BCUT2D eigenvalue weighted by Gasteiger charge is -2.24. The maximum absolute atomic E-state index is 13.0. The number of nitrogens with one attached hydrogen (secondary N) is 2. The molecule has 0 unspecified atom stereocenters. The lowest BCUT2D eigenvalue weighted by atomic mass is 10.1. The summed E-state index contributed by atoms with van der Waals surface area (Å²) in [5.41, 5.74) is 1.70. The van der Waals surface area contributed by atoms with E-state index in [-0.39, 0.29) is 10.6 Å². The molecule has 0 fully saturated rings. The third kappa shape index (κ3) is 6.33. The molecule has 8 nitrogen and oxygen atoms in total. The van der Waals surface area contributed by atoms with Gasteiger partial charge in [-0.3, -0.25) is 13.8 Å². The predicted octanol–water partition coefficient (Wildman–Crippen LogP) is 3.59. The molecule has 0 aliphatic heterocycles. The first-order valence-corrected chi connectivity index (χ1v) is 13.6. The predicted molar refractivity (Wildman–Crippen MR) is 130 cm³/mol. The average molecular weight is 506 g/mol. The van der Waals surface area contributed by atoms with Gasteiger partial charge in [-0.25, -0.2) is 21.2 Å². The molecule has 0 radical (unpaired) electrons. The van der Waals surface area contributed by atoms with Crippen molar-refractivity contribution < 1.29 is 26.0 Å². The van der Waals surface area contributed by atoms with Crippen LogP contribution in [0.15, 0.2) is 77.7 Å². The van der Waals surface area contributed by atoms with Gasteiger partial charge in [0.2, 0.25) is 15.9 Å². The van der Waals surface area contributed by atoms with Gasteiger partial charge in [0.1, 0.15) is 12.4 Å². The van der Waals surface area contributed by atoms with E-state index in [0.717, 1.165) is 28.3 Å². The summed E-state index contributed by atoms with van der Waals surface area (Å²) in [5.74, 6) is -1.08. The Labute approximate surface area is 198 Å². The number of carbonyl (C=O) groups is 1. The standard InChI is InChI=1S/C23H24FN3O5S2/c1-3-17-6-4-5-7-22(17)27(33(2,29)30)16-23(28)25-19-12-14-21(15-13-19)34(31,32)26-20-10-8-18(24)9-11-20/h4-15,26H,3,16H2,1-2H3,(H,25,28). The molecule has 0 heterocycles. The number of benzene rings is 3. The molecule has 34 heavy (non-hydrogen) atoms. The van der Waals surface area contributed by atoms with Crippen molar-refractivity contribution in [3.8, 4) is 0 Å². The number of rotatable bonds is 9. The van der Waals surface area contributed by atoms with Gasteiger partial charge < -0.3 is 5.32 Å². The van der Waals surface area contributed by atoms with Crippen molar-refractivity contribution in [2.75, 3.05) is 27.1 Å². The quantitative estimate of drug-likeness (QED) is 0.462. The highest BCUT2D eigenvalue weighted by Gasteiger charge is 2.23. The topological polar surface area (TPSA) is 113 Å². The van der Waals surface area contributed by atoms with E-state index in [1.165, 1.54) is 36.4 Å². The molecule has 180 valence electrons. The van der Waals surface area contributed by atoms with Gasteiger partial charge >= 0.3 is 0 Å². The third-order valence-corrected chi connectivity index (χ3v) is 7.40. The summed E-state index contributed by atoms with van der Waals surface area (Å²) in [4.78, 5) is 12.5. The summed E-state index contributed by atoms with van der Waals surface area (Å²) in [6.07, 6.45) is 1.62. The molecule has 0 saturated heterocycles. The number of amides is 1. The molecule has 0 aliphatic rings. The zero-order chi connectivity index (χ0) is 24.9. The van der Waals surface area contributed by atoms with Crippen LogP contribution in [0.1, 0.15) is 12.5 Å². The largest absolute Gasteiger partial charge is 0.325 e. The van der Waals surface area contributed by atoms with Crippen LogP contribution in [0.5, 0.6) is 0 Å². The van der Waals surface area contributed by atoms with Gasteiger partial charge in [-0.05, 0) is 66.6 Å². The van der Waals surface area contributed by atoms with Crippen molar-refractivity contribution in [3.63, 3.8) is 0 Å². The van der Waals surface area contributed by atoms with E-state index in [4.69, 9.17) is 0 Å². The second kappa shape index (κ2) is 10.2. The fraction of sp³-hybridized carbons (Fsp3) is 0.174. The Morgan fingerprint density at radius 3 is 2.06 bits per heavy atom. The van der Waals surface area contributed by atoms with Crippen molar-refractivity contribution in [3.05, 3.63) is 84.2 Å². The van der Waals surface area contributed by atoms with Crippen LogP contribution in [0.25, 0.3) is 0 Å². The molecule has 0 bridgehead atoms. The first-order chi connectivity index (χ1) is 16.0. The molecule has 0 saturated carbocycles. The average Bonchev–Trinajstić information content (AvgIpc) is 2.78. The van der Waals surface area contributed by atoms with Crippen LogP contribution in [0.2, 0.25) is 0 Å². The highest BCUT2D eigenvalue weighted by atomic mass is 32.2. The minimum atomic E-state index is -3.93. The SMILES string of the molecule is CCc1ccccc1N(CC(=O)Nc1ccc(S(=O)(=O)Nc2ccc(F)cc2)cc1)S(C)(=O)=O. The molecule has 0 atom stereocenters. The van der Waals surface area contributed by atoms with Gasteiger partial charge in [0.25, 0.3) is 10.0 Å². The molecule has 11 heteroatoms. The second-order valence-electron chi connectivity index (χ2n) is 7.44. The van der Waals surface area contributed by atoms with Gasteiger partial charge in [0.05, 0.1) is 16.8 Å². The van der Waals surface area contributed by atoms with Crippen LogP contribution in [0.4, 0.5) is 21.5 Å². The number of aryl methyl sites for hydroxylation is 1. The van der Waals surface area contributed by atoms with Crippen molar-refractivity contribution in [1.29, 1.82) is 0 Å². The summed E-state index contributed by atoms with van der Waals surface area (Å²) < 4.78 is 66.2. The molecular weight excluding hydrogens is 481 g/mol. The normalized spacial score (nSPS) is 11.6. The van der Waals surface area contributed by atoms with Crippen LogP contribution < -0.4 is 14.3 Å². The smallest absolute Gasteiger partial charge is 0.261 e.